The summed E-state index contributed by atoms with van der Waals surface area (Å²) < 4.78 is 0. The van der Waals surface area contributed by atoms with Crippen LogP contribution in [-0.4, -0.2) is 15.0 Å². The average molecular weight is 680 g/mol. The van der Waals surface area contributed by atoms with E-state index in [1.165, 1.54) is 32.8 Å². The highest BCUT2D eigenvalue weighted by Crippen LogP contribution is 2.50. The first-order valence-corrected chi connectivity index (χ1v) is 17.9. The first-order valence-electron chi connectivity index (χ1n) is 17.9. The van der Waals surface area contributed by atoms with Gasteiger partial charge in [-0.1, -0.05) is 158 Å². The Bertz CT molecular complexity index is 2690. The van der Waals surface area contributed by atoms with Crippen LogP contribution in [0.15, 0.2) is 188 Å². The van der Waals surface area contributed by atoms with Crippen LogP contribution in [0.3, 0.4) is 0 Å². The summed E-state index contributed by atoms with van der Waals surface area (Å²) in [5.41, 5.74) is 9.77. The summed E-state index contributed by atoms with van der Waals surface area (Å²) in [5.74, 6) is 1.95. The van der Waals surface area contributed by atoms with Crippen LogP contribution in [-0.2, 0) is 0 Å². The van der Waals surface area contributed by atoms with Gasteiger partial charge >= 0.3 is 0 Å². The lowest BCUT2D eigenvalue weighted by Crippen LogP contribution is -2.23. The van der Waals surface area contributed by atoms with Crippen LogP contribution in [0.2, 0.25) is 0 Å². The van der Waals surface area contributed by atoms with E-state index < -0.39 is 0 Å². The predicted molar refractivity (Wildman–Crippen MR) is 218 cm³/mol. The van der Waals surface area contributed by atoms with E-state index in [1.807, 2.05) is 60.7 Å². The lowest BCUT2D eigenvalue weighted by molar-refractivity contribution is 0.828. The number of aromatic nitrogens is 3. The molecule has 1 unspecified atom stereocenters. The normalized spacial score (nSPS) is 13.6. The van der Waals surface area contributed by atoms with Crippen molar-refractivity contribution in [1.29, 1.82) is 0 Å². The highest BCUT2D eigenvalue weighted by Gasteiger charge is 2.32. The summed E-state index contributed by atoms with van der Waals surface area (Å²) in [6.45, 7) is 0. The van der Waals surface area contributed by atoms with Gasteiger partial charge in [0.1, 0.15) is 6.17 Å². The number of nitrogens with one attached hydrogen (secondary N) is 1. The summed E-state index contributed by atoms with van der Waals surface area (Å²) in [6.07, 6.45) is -0.0308. The topological polar surface area (TPSA) is 53.9 Å². The minimum Gasteiger partial charge on any atom is -0.359 e. The molecule has 53 heavy (non-hydrogen) atoms. The summed E-state index contributed by atoms with van der Waals surface area (Å²) in [7, 11) is 0. The molecule has 0 fully saturated rings. The Hall–Kier alpha value is -7.11. The predicted octanol–water partition coefficient (Wildman–Crippen LogP) is 12.1. The minimum absolute atomic E-state index is 0.0308. The van der Waals surface area contributed by atoms with Gasteiger partial charge in [0.25, 0.3) is 0 Å². The Labute approximate surface area is 307 Å². The van der Waals surface area contributed by atoms with Crippen LogP contribution in [0.25, 0.3) is 66.8 Å². The van der Waals surface area contributed by atoms with Crippen LogP contribution in [0, 0.1) is 0 Å². The largest absolute Gasteiger partial charge is 0.359 e. The third-order valence-electron chi connectivity index (χ3n) is 10.1. The van der Waals surface area contributed by atoms with Crippen molar-refractivity contribution in [2.45, 2.75) is 6.17 Å². The Kier molecular flexibility index (Phi) is 7.47. The van der Waals surface area contributed by atoms with Gasteiger partial charge < -0.3 is 10.2 Å². The van der Waals surface area contributed by atoms with Gasteiger partial charge in [-0.25, -0.2) is 15.0 Å². The van der Waals surface area contributed by atoms with Gasteiger partial charge in [-0.3, -0.25) is 0 Å². The van der Waals surface area contributed by atoms with Crippen molar-refractivity contribution in [3.63, 3.8) is 0 Å². The quantitative estimate of drug-likeness (QED) is 0.177. The van der Waals surface area contributed by atoms with Gasteiger partial charge in [-0.05, 0) is 63.2 Å². The first kappa shape index (κ1) is 30.7. The van der Waals surface area contributed by atoms with Gasteiger partial charge in [0.05, 0.1) is 11.4 Å². The molecule has 1 aliphatic heterocycles. The summed E-state index contributed by atoms with van der Waals surface area (Å²) in [6, 6.07) is 65.8. The maximum atomic E-state index is 4.97. The molecule has 1 aromatic heterocycles. The molecule has 0 saturated carbocycles. The maximum Gasteiger partial charge on any atom is 0.164 e. The van der Waals surface area contributed by atoms with Gasteiger partial charge in [0.15, 0.2) is 17.5 Å². The lowest BCUT2D eigenvalue weighted by atomic mass is 9.95. The number of hydrogen-bond donors (Lipinski definition) is 1. The zero-order valence-corrected chi connectivity index (χ0v) is 28.8. The molecular formula is C48H33N5. The summed E-state index contributed by atoms with van der Waals surface area (Å²) in [4.78, 5) is 17.2. The molecule has 1 N–H and O–H groups in total. The number of hydrogen-bond acceptors (Lipinski definition) is 5. The highest BCUT2D eigenvalue weighted by molar-refractivity contribution is 6.18. The van der Waals surface area contributed by atoms with Gasteiger partial charge in [-0.15, -0.1) is 0 Å². The molecule has 5 nitrogen and oxygen atoms in total. The van der Waals surface area contributed by atoms with Crippen molar-refractivity contribution in [2.24, 2.45) is 0 Å². The van der Waals surface area contributed by atoms with Crippen molar-refractivity contribution < 1.29 is 0 Å². The maximum absolute atomic E-state index is 4.97. The van der Waals surface area contributed by atoms with Crippen LogP contribution < -0.4 is 10.2 Å². The van der Waals surface area contributed by atoms with Gasteiger partial charge in [-0.2, -0.15) is 0 Å². The molecule has 8 aromatic carbocycles. The fraction of sp³-hybridized carbons (Fsp3) is 0.0208. The SMILES string of the molecule is c1ccc(-c2nc(-c3ccccc3)nc(-c3cccc(-c4ccc5c(ccc6ccc7c(c65)NC(c5ccccc5)N7c5ccccc5)c4)c3)n2)cc1. The van der Waals surface area contributed by atoms with Crippen molar-refractivity contribution in [3.05, 3.63) is 194 Å². The third-order valence-corrected chi connectivity index (χ3v) is 10.1. The van der Waals surface area contributed by atoms with E-state index in [1.54, 1.807) is 0 Å². The van der Waals surface area contributed by atoms with E-state index in [0.717, 1.165) is 39.2 Å². The second-order valence-electron chi connectivity index (χ2n) is 13.3. The molecule has 0 radical (unpaired) electrons. The number of nitrogens with zero attached hydrogens (tertiary/aromatic N) is 4. The third kappa shape index (κ3) is 5.56. The second-order valence-corrected chi connectivity index (χ2v) is 13.3. The van der Waals surface area contributed by atoms with E-state index in [2.05, 4.69) is 138 Å². The van der Waals surface area contributed by atoms with Crippen molar-refractivity contribution in [2.75, 3.05) is 10.2 Å². The molecule has 1 atom stereocenters. The zero-order chi connectivity index (χ0) is 35.1. The van der Waals surface area contributed by atoms with E-state index in [9.17, 15) is 0 Å². The molecule has 9 aromatic rings. The van der Waals surface area contributed by atoms with Crippen LogP contribution in [0.5, 0.6) is 0 Å². The number of fused-ring (bicyclic) bond motifs is 5. The zero-order valence-electron chi connectivity index (χ0n) is 28.8. The second kappa shape index (κ2) is 12.9. The average Bonchev–Trinajstić information content (AvgIpc) is 3.64. The van der Waals surface area contributed by atoms with Crippen molar-refractivity contribution >= 4 is 38.6 Å². The summed E-state index contributed by atoms with van der Waals surface area (Å²) in [5, 5.41) is 8.78. The Morgan fingerprint density at radius 1 is 0.415 bits per heavy atom. The van der Waals surface area contributed by atoms with E-state index in [-0.39, 0.29) is 6.17 Å². The number of para-hydroxylation sites is 1. The smallest absolute Gasteiger partial charge is 0.164 e. The molecule has 0 bridgehead atoms. The van der Waals surface area contributed by atoms with Gasteiger partial charge in [0, 0.05) is 27.8 Å². The summed E-state index contributed by atoms with van der Waals surface area (Å²) >= 11 is 0. The lowest BCUT2D eigenvalue weighted by Gasteiger charge is -2.27. The number of anilines is 3. The Morgan fingerprint density at radius 2 is 0.943 bits per heavy atom. The molecule has 1 aliphatic rings. The molecule has 0 amide bonds. The fourth-order valence-electron chi connectivity index (χ4n) is 7.53. The molecule has 0 saturated heterocycles. The van der Waals surface area contributed by atoms with E-state index in [0.29, 0.717) is 17.5 Å². The monoisotopic (exact) mass is 679 g/mol. The molecule has 250 valence electrons. The van der Waals surface area contributed by atoms with Crippen LogP contribution in [0.1, 0.15) is 11.7 Å². The van der Waals surface area contributed by atoms with E-state index >= 15 is 0 Å². The molecule has 0 aliphatic carbocycles. The van der Waals surface area contributed by atoms with Crippen molar-refractivity contribution in [1.82, 2.24) is 15.0 Å². The molecule has 10 rings (SSSR count). The van der Waals surface area contributed by atoms with Crippen LogP contribution in [0.4, 0.5) is 17.1 Å². The fourth-order valence-corrected chi connectivity index (χ4v) is 7.53. The number of rotatable bonds is 6. The van der Waals surface area contributed by atoms with E-state index in [4.69, 9.17) is 15.0 Å². The van der Waals surface area contributed by atoms with Crippen LogP contribution >= 0.6 is 0 Å². The molecular weight excluding hydrogens is 647 g/mol. The Balaban J connectivity index is 1.07. The minimum atomic E-state index is -0.0308. The highest BCUT2D eigenvalue weighted by atomic mass is 15.3. The first-order chi connectivity index (χ1) is 26.3. The standard InChI is InChI=1S/C48H33N5/c1-5-14-33(15-6-1)45-50-46(34-16-7-2-8-17-34)52-47(51-45)39-21-13-20-36(31-39)37-26-28-41-38(30-37)25-24-32-27-29-42-44(43(32)41)49-48(35-18-9-3-10-19-35)53(42)40-22-11-4-12-23-40/h1-31,48-49H. The molecule has 2 heterocycles. The Morgan fingerprint density at radius 3 is 1.62 bits per heavy atom. The molecule has 5 heteroatoms. The van der Waals surface area contributed by atoms with Crippen molar-refractivity contribution in [3.8, 4) is 45.3 Å². The van der Waals surface area contributed by atoms with Gasteiger partial charge in [0.2, 0.25) is 0 Å². The number of benzene rings is 8. The molecule has 0 spiro atoms.